The molecule has 0 aliphatic rings. The summed E-state index contributed by atoms with van der Waals surface area (Å²) in [6.45, 7) is 3.17. The number of nitrogens with zero attached hydrogens (tertiary/aromatic N) is 2. The first-order valence-corrected chi connectivity index (χ1v) is 8.19. The van der Waals surface area contributed by atoms with Crippen LogP contribution in [-0.2, 0) is 24.4 Å². The number of imidazole rings is 1. The summed E-state index contributed by atoms with van der Waals surface area (Å²) in [5.41, 5.74) is 2.57. The molecule has 1 heterocycles. The summed E-state index contributed by atoms with van der Waals surface area (Å²) in [5.74, 6) is -0.166. The molecular weight excluding hydrogens is 302 g/mol. The summed E-state index contributed by atoms with van der Waals surface area (Å²) >= 11 is 0. The molecule has 0 radical (unpaired) electrons. The smallest absolute Gasteiger partial charge is 0.329 e. The highest BCUT2D eigenvalue weighted by atomic mass is 16.2. The van der Waals surface area contributed by atoms with Crippen molar-refractivity contribution in [1.82, 2.24) is 14.5 Å². The monoisotopic (exact) mass is 323 g/mol. The molecule has 0 spiro atoms. The first kappa shape index (κ1) is 16.1. The minimum absolute atomic E-state index is 0.0306. The van der Waals surface area contributed by atoms with E-state index in [1.165, 1.54) is 0 Å². The van der Waals surface area contributed by atoms with Crippen molar-refractivity contribution < 1.29 is 4.79 Å². The number of amides is 1. The van der Waals surface area contributed by atoms with E-state index >= 15 is 0 Å². The standard InChI is InChI=1S/C19H21N3O2/c1-2-12-21-16-10-6-7-11-17(16)22(19(21)24)14-18(23)20-13-15-8-4-3-5-9-15/h3-11H,2,12-14H2,1H3,(H,20,23). The van der Waals surface area contributed by atoms with Crippen LogP contribution in [0.1, 0.15) is 18.9 Å². The fraction of sp³-hybridized carbons (Fsp3) is 0.263. The lowest BCUT2D eigenvalue weighted by atomic mass is 10.2. The van der Waals surface area contributed by atoms with Crippen LogP contribution in [0.3, 0.4) is 0 Å². The van der Waals surface area contributed by atoms with Gasteiger partial charge in [-0.25, -0.2) is 4.79 Å². The van der Waals surface area contributed by atoms with E-state index in [0.717, 1.165) is 23.0 Å². The Morgan fingerprint density at radius 2 is 1.58 bits per heavy atom. The number of aryl methyl sites for hydroxylation is 1. The van der Waals surface area contributed by atoms with Crippen molar-refractivity contribution in [2.24, 2.45) is 0 Å². The van der Waals surface area contributed by atoms with Crippen molar-refractivity contribution in [3.63, 3.8) is 0 Å². The van der Waals surface area contributed by atoms with Gasteiger partial charge in [-0.15, -0.1) is 0 Å². The van der Waals surface area contributed by atoms with E-state index in [0.29, 0.717) is 13.1 Å². The highest BCUT2D eigenvalue weighted by molar-refractivity contribution is 5.80. The van der Waals surface area contributed by atoms with Crippen molar-refractivity contribution in [1.29, 1.82) is 0 Å². The van der Waals surface area contributed by atoms with Gasteiger partial charge in [0.1, 0.15) is 6.54 Å². The molecule has 0 aliphatic carbocycles. The number of aromatic nitrogens is 2. The van der Waals surface area contributed by atoms with E-state index < -0.39 is 0 Å². The van der Waals surface area contributed by atoms with Gasteiger partial charge < -0.3 is 5.32 Å². The van der Waals surface area contributed by atoms with Crippen LogP contribution >= 0.6 is 0 Å². The third-order valence-corrected chi connectivity index (χ3v) is 4.01. The molecular formula is C19H21N3O2. The molecule has 5 nitrogen and oxygen atoms in total. The first-order chi connectivity index (χ1) is 11.7. The van der Waals surface area contributed by atoms with E-state index in [9.17, 15) is 9.59 Å². The van der Waals surface area contributed by atoms with Crippen molar-refractivity contribution in [3.05, 3.63) is 70.6 Å². The van der Waals surface area contributed by atoms with Gasteiger partial charge in [0, 0.05) is 13.1 Å². The molecule has 0 unspecified atom stereocenters. The van der Waals surface area contributed by atoms with E-state index in [2.05, 4.69) is 5.32 Å². The zero-order chi connectivity index (χ0) is 16.9. The van der Waals surface area contributed by atoms with Crippen molar-refractivity contribution >= 4 is 16.9 Å². The highest BCUT2D eigenvalue weighted by Gasteiger charge is 2.14. The molecule has 124 valence electrons. The summed E-state index contributed by atoms with van der Waals surface area (Å²) in [4.78, 5) is 24.9. The highest BCUT2D eigenvalue weighted by Crippen LogP contribution is 2.13. The normalized spacial score (nSPS) is 10.9. The minimum Gasteiger partial charge on any atom is -0.350 e. The third-order valence-electron chi connectivity index (χ3n) is 4.01. The zero-order valence-corrected chi connectivity index (χ0v) is 13.7. The van der Waals surface area contributed by atoms with Crippen LogP contribution in [0.5, 0.6) is 0 Å². The SMILES string of the molecule is CCCn1c(=O)n(CC(=O)NCc2ccccc2)c2ccccc21. The molecule has 0 saturated carbocycles. The number of hydrogen-bond donors (Lipinski definition) is 1. The topological polar surface area (TPSA) is 56.0 Å². The summed E-state index contributed by atoms with van der Waals surface area (Å²) in [6, 6.07) is 17.3. The Balaban J connectivity index is 1.81. The van der Waals surface area contributed by atoms with E-state index in [-0.39, 0.29) is 18.1 Å². The van der Waals surface area contributed by atoms with E-state index in [4.69, 9.17) is 0 Å². The fourth-order valence-electron chi connectivity index (χ4n) is 2.86. The number of para-hydroxylation sites is 2. The second-order valence-corrected chi connectivity index (χ2v) is 5.77. The molecule has 24 heavy (non-hydrogen) atoms. The molecule has 5 heteroatoms. The molecule has 1 amide bonds. The molecule has 0 bridgehead atoms. The number of carbonyl (C=O) groups is 1. The average Bonchev–Trinajstić information content (AvgIpc) is 2.87. The van der Waals surface area contributed by atoms with Crippen LogP contribution in [-0.4, -0.2) is 15.0 Å². The Morgan fingerprint density at radius 1 is 0.958 bits per heavy atom. The van der Waals surface area contributed by atoms with Gasteiger partial charge in [-0.2, -0.15) is 0 Å². The van der Waals surface area contributed by atoms with Gasteiger partial charge in [0.2, 0.25) is 5.91 Å². The van der Waals surface area contributed by atoms with E-state index in [1.54, 1.807) is 9.13 Å². The average molecular weight is 323 g/mol. The van der Waals surface area contributed by atoms with Crippen LogP contribution in [0.15, 0.2) is 59.4 Å². The fourth-order valence-corrected chi connectivity index (χ4v) is 2.86. The quantitative estimate of drug-likeness (QED) is 0.758. The number of carbonyl (C=O) groups excluding carboxylic acids is 1. The molecule has 3 rings (SSSR count). The third kappa shape index (κ3) is 3.25. The summed E-state index contributed by atoms with van der Waals surface area (Å²) < 4.78 is 3.28. The number of rotatable bonds is 6. The Morgan fingerprint density at radius 3 is 2.25 bits per heavy atom. The Bertz CT molecular complexity index is 894. The zero-order valence-electron chi connectivity index (χ0n) is 13.7. The van der Waals surface area contributed by atoms with Crippen molar-refractivity contribution in [3.8, 4) is 0 Å². The lowest BCUT2D eigenvalue weighted by Gasteiger charge is -2.06. The Kier molecular flexibility index (Phi) is 4.79. The number of nitrogens with one attached hydrogen (secondary N) is 1. The largest absolute Gasteiger partial charge is 0.350 e. The van der Waals surface area contributed by atoms with Crippen LogP contribution in [0, 0.1) is 0 Å². The van der Waals surface area contributed by atoms with Gasteiger partial charge in [-0.3, -0.25) is 13.9 Å². The number of fused-ring (bicyclic) bond motifs is 1. The van der Waals surface area contributed by atoms with Crippen LogP contribution in [0.2, 0.25) is 0 Å². The second kappa shape index (κ2) is 7.17. The molecule has 0 saturated heterocycles. The maximum Gasteiger partial charge on any atom is 0.329 e. The first-order valence-electron chi connectivity index (χ1n) is 8.19. The second-order valence-electron chi connectivity index (χ2n) is 5.77. The van der Waals surface area contributed by atoms with Crippen LogP contribution < -0.4 is 11.0 Å². The van der Waals surface area contributed by atoms with E-state index in [1.807, 2.05) is 61.5 Å². The van der Waals surface area contributed by atoms with Gasteiger partial charge in [0.15, 0.2) is 0 Å². The maximum atomic E-state index is 12.6. The Hall–Kier alpha value is -2.82. The molecule has 0 aliphatic heterocycles. The van der Waals surface area contributed by atoms with Gasteiger partial charge >= 0.3 is 5.69 Å². The van der Waals surface area contributed by atoms with Gasteiger partial charge in [-0.1, -0.05) is 49.4 Å². The lowest BCUT2D eigenvalue weighted by molar-refractivity contribution is -0.121. The molecule has 0 atom stereocenters. The van der Waals surface area contributed by atoms with Crippen molar-refractivity contribution in [2.75, 3.05) is 0 Å². The van der Waals surface area contributed by atoms with Gasteiger partial charge in [0.05, 0.1) is 11.0 Å². The van der Waals surface area contributed by atoms with Crippen LogP contribution in [0.4, 0.5) is 0 Å². The van der Waals surface area contributed by atoms with Crippen LogP contribution in [0.25, 0.3) is 11.0 Å². The minimum atomic E-state index is -0.166. The van der Waals surface area contributed by atoms with Gasteiger partial charge in [0.25, 0.3) is 0 Å². The number of benzene rings is 2. The molecule has 1 aromatic heterocycles. The van der Waals surface area contributed by atoms with Gasteiger partial charge in [-0.05, 0) is 24.1 Å². The molecule has 2 aromatic carbocycles. The summed E-state index contributed by atoms with van der Waals surface area (Å²) in [5, 5.41) is 2.87. The van der Waals surface area contributed by atoms with Crippen molar-refractivity contribution in [2.45, 2.75) is 33.0 Å². The summed E-state index contributed by atoms with van der Waals surface area (Å²) in [7, 11) is 0. The Labute approximate surface area is 140 Å². The molecule has 1 N–H and O–H groups in total. The number of hydrogen-bond acceptors (Lipinski definition) is 2. The maximum absolute atomic E-state index is 12.6. The predicted molar refractivity (Wildman–Crippen MR) is 94.8 cm³/mol. The predicted octanol–water partition coefficient (Wildman–Crippen LogP) is 2.53. The molecule has 3 aromatic rings. The summed E-state index contributed by atoms with van der Waals surface area (Å²) in [6.07, 6.45) is 0.869. The molecule has 0 fully saturated rings. The lowest BCUT2D eigenvalue weighted by Crippen LogP contribution is -2.32.